The number of aliphatic imine (C=N–C) groups is 1. The SMILES string of the molecule is CN=C(NCC(C)c1ccc(F)c(F)c1)N1CCC(C)(C)C1.I. The van der Waals surface area contributed by atoms with Crippen LogP contribution in [0.4, 0.5) is 8.78 Å². The maximum Gasteiger partial charge on any atom is 0.193 e. The number of hydrogen-bond donors (Lipinski definition) is 1. The highest BCUT2D eigenvalue weighted by Crippen LogP contribution is 2.28. The van der Waals surface area contributed by atoms with Gasteiger partial charge in [0.2, 0.25) is 0 Å². The van der Waals surface area contributed by atoms with Crippen LogP contribution in [0.1, 0.15) is 38.7 Å². The van der Waals surface area contributed by atoms with E-state index >= 15 is 0 Å². The molecule has 6 heteroatoms. The van der Waals surface area contributed by atoms with E-state index in [0.717, 1.165) is 31.0 Å². The van der Waals surface area contributed by atoms with E-state index in [4.69, 9.17) is 0 Å². The number of benzene rings is 1. The molecule has 3 nitrogen and oxygen atoms in total. The first-order valence-corrected chi connectivity index (χ1v) is 7.73. The van der Waals surface area contributed by atoms with Crippen LogP contribution in [-0.4, -0.2) is 37.5 Å². The fourth-order valence-electron chi connectivity index (χ4n) is 2.81. The Hall–Kier alpha value is -0.920. The van der Waals surface area contributed by atoms with Gasteiger partial charge in [-0.3, -0.25) is 4.99 Å². The predicted octanol–water partition coefficient (Wildman–Crippen LogP) is 3.99. The Bertz CT molecular complexity index is 561. The van der Waals surface area contributed by atoms with E-state index in [1.54, 1.807) is 13.1 Å². The van der Waals surface area contributed by atoms with Crippen LogP contribution >= 0.6 is 24.0 Å². The molecule has 1 aliphatic heterocycles. The Morgan fingerprint density at radius 3 is 2.57 bits per heavy atom. The molecule has 1 heterocycles. The third-order valence-electron chi connectivity index (χ3n) is 4.27. The molecule has 1 N–H and O–H groups in total. The van der Waals surface area contributed by atoms with Gasteiger partial charge in [0.05, 0.1) is 0 Å². The molecule has 0 amide bonds. The Morgan fingerprint density at radius 2 is 2.04 bits per heavy atom. The Balaban J connectivity index is 0.00000264. The average molecular weight is 437 g/mol. The smallest absolute Gasteiger partial charge is 0.193 e. The summed E-state index contributed by atoms with van der Waals surface area (Å²) in [6.07, 6.45) is 1.15. The first-order chi connectivity index (χ1) is 10.3. The molecule has 0 aliphatic carbocycles. The van der Waals surface area contributed by atoms with Crippen molar-refractivity contribution in [3.8, 4) is 0 Å². The molecule has 1 aromatic rings. The standard InChI is InChI=1S/C17H25F2N3.HI/c1-12(13-5-6-14(18)15(19)9-13)10-21-16(20-4)22-8-7-17(2,3)11-22;/h5-6,9,12H,7-8,10-11H2,1-4H3,(H,20,21);1H. The van der Waals surface area contributed by atoms with E-state index < -0.39 is 11.6 Å². The lowest BCUT2D eigenvalue weighted by molar-refractivity contribution is 0.369. The third kappa shape index (κ3) is 5.29. The summed E-state index contributed by atoms with van der Waals surface area (Å²) in [7, 11) is 1.77. The summed E-state index contributed by atoms with van der Waals surface area (Å²) in [5, 5.41) is 3.34. The van der Waals surface area contributed by atoms with Crippen LogP contribution in [0.3, 0.4) is 0 Å². The van der Waals surface area contributed by atoms with Crippen molar-refractivity contribution in [3.63, 3.8) is 0 Å². The molecule has 0 spiro atoms. The fraction of sp³-hybridized carbons (Fsp3) is 0.588. The van der Waals surface area contributed by atoms with Crippen molar-refractivity contribution in [2.45, 2.75) is 33.1 Å². The van der Waals surface area contributed by atoms with Crippen LogP contribution in [0.15, 0.2) is 23.2 Å². The lowest BCUT2D eigenvalue weighted by atomic mass is 9.93. The zero-order valence-electron chi connectivity index (χ0n) is 14.2. The molecule has 0 saturated carbocycles. The number of guanidine groups is 1. The summed E-state index contributed by atoms with van der Waals surface area (Å²) in [6.45, 7) is 9.10. The number of rotatable bonds is 3. The summed E-state index contributed by atoms with van der Waals surface area (Å²) in [5.41, 5.74) is 1.09. The van der Waals surface area contributed by atoms with Gasteiger partial charge in [0.25, 0.3) is 0 Å². The molecular formula is C17H26F2IN3. The second-order valence-electron chi connectivity index (χ2n) is 6.84. The van der Waals surface area contributed by atoms with Crippen LogP contribution < -0.4 is 5.32 Å². The minimum absolute atomic E-state index is 0. The quantitative estimate of drug-likeness (QED) is 0.440. The van der Waals surface area contributed by atoms with Crippen molar-refractivity contribution in [1.82, 2.24) is 10.2 Å². The number of hydrogen-bond acceptors (Lipinski definition) is 1. The zero-order chi connectivity index (χ0) is 16.3. The third-order valence-corrected chi connectivity index (χ3v) is 4.27. The van der Waals surface area contributed by atoms with E-state index in [1.165, 1.54) is 12.1 Å². The van der Waals surface area contributed by atoms with Gasteiger partial charge in [-0.2, -0.15) is 0 Å². The molecule has 1 fully saturated rings. The normalized spacial score (nSPS) is 18.5. The number of nitrogens with one attached hydrogen (secondary N) is 1. The topological polar surface area (TPSA) is 27.6 Å². The summed E-state index contributed by atoms with van der Waals surface area (Å²) in [6, 6.07) is 4.08. The van der Waals surface area contributed by atoms with E-state index in [2.05, 4.69) is 29.1 Å². The fourth-order valence-corrected chi connectivity index (χ4v) is 2.81. The first kappa shape index (κ1) is 20.1. The molecule has 0 radical (unpaired) electrons. The monoisotopic (exact) mass is 437 g/mol. The van der Waals surface area contributed by atoms with Gasteiger partial charge in [-0.25, -0.2) is 8.78 Å². The molecule has 1 saturated heterocycles. The van der Waals surface area contributed by atoms with E-state index in [0.29, 0.717) is 12.0 Å². The van der Waals surface area contributed by atoms with Crippen molar-refractivity contribution in [2.75, 3.05) is 26.7 Å². The molecule has 1 aliphatic rings. The van der Waals surface area contributed by atoms with Crippen molar-refractivity contribution >= 4 is 29.9 Å². The first-order valence-electron chi connectivity index (χ1n) is 7.73. The average Bonchev–Trinajstić information content (AvgIpc) is 2.82. The molecule has 2 rings (SSSR count). The zero-order valence-corrected chi connectivity index (χ0v) is 16.5. The highest BCUT2D eigenvalue weighted by Gasteiger charge is 2.30. The van der Waals surface area contributed by atoms with Crippen molar-refractivity contribution < 1.29 is 8.78 Å². The number of halogens is 3. The Morgan fingerprint density at radius 1 is 1.35 bits per heavy atom. The molecular weight excluding hydrogens is 411 g/mol. The summed E-state index contributed by atoms with van der Waals surface area (Å²) in [5.74, 6) is -0.656. The summed E-state index contributed by atoms with van der Waals surface area (Å²) < 4.78 is 26.3. The molecule has 130 valence electrons. The predicted molar refractivity (Wildman–Crippen MR) is 102 cm³/mol. The van der Waals surface area contributed by atoms with Gasteiger partial charge >= 0.3 is 0 Å². The van der Waals surface area contributed by atoms with Gasteiger partial charge in [0.15, 0.2) is 17.6 Å². The van der Waals surface area contributed by atoms with E-state index in [-0.39, 0.29) is 29.9 Å². The van der Waals surface area contributed by atoms with Crippen molar-refractivity contribution in [3.05, 3.63) is 35.4 Å². The lowest BCUT2D eigenvalue weighted by Gasteiger charge is -2.25. The van der Waals surface area contributed by atoms with Gasteiger partial charge in [-0.1, -0.05) is 26.8 Å². The van der Waals surface area contributed by atoms with Crippen LogP contribution in [0, 0.1) is 17.0 Å². The van der Waals surface area contributed by atoms with Crippen LogP contribution in [0.5, 0.6) is 0 Å². The van der Waals surface area contributed by atoms with E-state index in [1.807, 2.05) is 6.92 Å². The van der Waals surface area contributed by atoms with Crippen LogP contribution in [0.25, 0.3) is 0 Å². The van der Waals surface area contributed by atoms with Crippen LogP contribution in [0.2, 0.25) is 0 Å². The van der Waals surface area contributed by atoms with Crippen LogP contribution in [-0.2, 0) is 0 Å². The molecule has 0 aromatic heterocycles. The maximum absolute atomic E-state index is 13.3. The molecule has 23 heavy (non-hydrogen) atoms. The van der Waals surface area contributed by atoms with E-state index in [9.17, 15) is 8.78 Å². The Labute approximate surface area is 154 Å². The second kappa shape index (κ2) is 8.26. The highest BCUT2D eigenvalue weighted by molar-refractivity contribution is 14.0. The van der Waals surface area contributed by atoms with Gasteiger partial charge in [0.1, 0.15) is 0 Å². The lowest BCUT2D eigenvalue weighted by Crippen LogP contribution is -2.42. The Kier molecular flexibility index (Phi) is 7.23. The molecule has 1 aromatic carbocycles. The molecule has 1 atom stereocenters. The highest BCUT2D eigenvalue weighted by atomic mass is 127. The summed E-state index contributed by atoms with van der Waals surface area (Å²) in [4.78, 5) is 6.58. The number of nitrogens with zero attached hydrogens (tertiary/aromatic N) is 2. The minimum Gasteiger partial charge on any atom is -0.356 e. The van der Waals surface area contributed by atoms with Gasteiger partial charge in [-0.15, -0.1) is 24.0 Å². The van der Waals surface area contributed by atoms with Gasteiger partial charge in [-0.05, 0) is 35.4 Å². The maximum atomic E-state index is 13.3. The van der Waals surface area contributed by atoms with Crippen molar-refractivity contribution in [1.29, 1.82) is 0 Å². The summed E-state index contributed by atoms with van der Waals surface area (Å²) >= 11 is 0. The van der Waals surface area contributed by atoms with Crippen molar-refractivity contribution in [2.24, 2.45) is 10.4 Å². The molecule has 0 bridgehead atoms. The largest absolute Gasteiger partial charge is 0.356 e. The second-order valence-corrected chi connectivity index (χ2v) is 6.84. The number of likely N-dealkylation sites (tertiary alicyclic amines) is 1. The minimum atomic E-state index is -0.806. The van der Waals surface area contributed by atoms with Gasteiger partial charge < -0.3 is 10.2 Å². The molecule has 1 unspecified atom stereocenters. The van der Waals surface area contributed by atoms with Gasteiger partial charge in [0, 0.05) is 26.7 Å².